The zero-order valence-electron chi connectivity index (χ0n) is 15.3. The van der Waals surface area contributed by atoms with Crippen LogP contribution >= 0.6 is 0 Å². The van der Waals surface area contributed by atoms with E-state index in [0.717, 1.165) is 37.0 Å². The number of carbonyl (C=O) groups is 3. The van der Waals surface area contributed by atoms with Gasteiger partial charge in [-0.25, -0.2) is 4.79 Å². The lowest BCUT2D eigenvalue weighted by Gasteiger charge is -2.35. The molecule has 8 heteroatoms. The summed E-state index contributed by atoms with van der Waals surface area (Å²) < 4.78 is 10.2. The number of aromatic hydroxyl groups is 1. The summed E-state index contributed by atoms with van der Waals surface area (Å²) in [6.45, 7) is 0. The second-order valence-electron chi connectivity index (χ2n) is 6.56. The quantitative estimate of drug-likeness (QED) is 0.618. The lowest BCUT2D eigenvalue weighted by atomic mass is 9.93. The van der Waals surface area contributed by atoms with Gasteiger partial charge in [-0.3, -0.25) is 19.8 Å². The summed E-state index contributed by atoms with van der Waals surface area (Å²) in [5.74, 6) is -1.25. The summed E-state index contributed by atoms with van der Waals surface area (Å²) >= 11 is 0. The smallest absolute Gasteiger partial charge is 0.331 e. The van der Waals surface area contributed by atoms with Crippen molar-refractivity contribution in [2.24, 2.45) is 0 Å². The van der Waals surface area contributed by atoms with Crippen molar-refractivity contribution in [1.82, 2.24) is 10.2 Å². The molecule has 0 aromatic heterocycles. The van der Waals surface area contributed by atoms with E-state index in [0.29, 0.717) is 5.56 Å². The van der Waals surface area contributed by atoms with Crippen LogP contribution in [0.25, 0.3) is 6.08 Å². The molecule has 0 unspecified atom stereocenters. The molecule has 1 aromatic rings. The van der Waals surface area contributed by atoms with Crippen molar-refractivity contribution in [2.45, 2.75) is 38.1 Å². The molecule has 0 spiro atoms. The molecule has 2 fully saturated rings. The van der Waals surface area contributed by atoms with Crippen molar-refractivity contribution in [2.75, 3.05) is 14.2 Å². The average molecular weight is 374 g/mol. The molecule has 144 valence electrons. The molecule has 3 rings (SSSR count). The minimum atomic E-state index is -0.747. The highest BCUT2D eigenvalue weighted by Crippen LogP contribution is 2.38. The highest BCUT2D eigenvalue weighted by Gasteiger charge is 2.40. The number of nitrogens with zero attached hydrogens (tertiary/aromatic N) is 1. The molecule has 1 saturated carbocycles. The van der Waals surface area contributed by atoms with Gasteiger partial charge < -0.3 is 14.6 Å². The first-order chi connectivity index (χ1) is 13.0. The summed E-state index contributed by atoms with van der Waals surface area (Å²) in [5.41, 5.74) is 0.285. The number of rotatable bonds is 4. The van der Waals surface area contributed by atoms with E-state index in [1.54, 1.807) is 0 Å². The van der Waals surface area contributed by atoms with E-state index in [1.807, 2.05) is 0 Å². The average Bonchev–Trinajstić information content (AvgIpc) is 2.66. The molecule has 0 atom stereocenters. The minimum Gasteiger partial charge on any atom is -0.502 e. The Hall–Kier alpha value is -3.03. The second-order valence-corrected chi connectivity index (χ2v) is 6.56. The second kappa shape index (κ2) is 7.69. The van der Waals surface area contributed by atoms with Gasteiger partial charge in [0.2, 0.25) is 5.75 Å². The third-order valence-corrected chi connectivity index (χ3v) is 4.89. The maximum absolute atomic E-state index is 12.9. The molecule has 0 radical (unpaired) electrons. The maximum atomic E-state index is 12.9. The molecule has 1 saturated heterocycles. The molecular weight excluding hydrogens is 352 g/mol. The van der Waals surface area contributed by atoms with Gasteiger partial charge in [0.15, 0.2) is 11.5 Å². The van der Waals surface area contributed by atoms with Gasteiger partial charge in [-0.1, -0.05) is 19.3 Å². The molecule has 8 nitrogen and oxygen atoms in total. The molecule has 1 heterocycles. The molecule has 2 aliphatic rings. The molecule has 27 heavy (non-hydrogen) atoms. The zero-order valence-corrected chi connectivity index (χ0v) is 15.3. The van der Waals surface area contributed by atoms with E-state index < -0.39 is 17.8 Å². The Labute approximate surface area is 156 Å². The van der Waals surface area contributed by atoms with E-state index in [4.69, 9.17) is 9.47 Å². The maximum Gasteiger partial charge on any atom is 0.331 e. The lowest BCUT2D eigenvalue weighted by Crippen LogP contribution is -2.58. The molecule has 1 aliphatic heterocycles. The summed E-state index contributed by atoms with van der Waals surface area (Å²) in [6, 6.07) is 2.08. The monoisotopic (exact) mass is 374 g/mol. The minimum absolute atomic E-state index is 0.144. The number of urea groups is 1. The van der Waals surface area contributed by atoms with Crippen LogP contribution in [0, 0.1) is 0 Å². The largest absolute Gasteiger partial charge is 0.502 e. The summed E-state index contributed by atoms with van der Waals surface area (Å²) in [4.78, 5) is 38.5. The van der Waals surface area contributed by atoms with Crippen LogP contribution in [0.3, 0.4) is 0 Å². The summed E-state index contributed by atoms with van der Waals surface area (Å²) in [7, 11) is 2.76. The molecule has 0 bridgehead atoms. The number of carbonyl (C=O) groups excluding carboxylic acids is 3. The Morgan fingerprint density at radius 3 is 2.22 bits per heavy atom. The van der Waals surface area contributed by atoms with Crippen molar-refractivity contribution >= 4 is 23.9 Å². The fraction of sp³-hybridized carbons (Fsp3) is 0.421. The third-order valence-electron chi connectivity index (χ3n) is 4.89. The lowest BCUT2D eigenvalue weighted by molar-refractivity contribution is -0.132. The van der Waals surface area contributed by atoms with Crippen LogP contribution in [0.5, 0.6) is 17.2 Å². The first-order valence-electron chi connectivity index (χ1n) is 8.81. The first-order valence-corrected chi connectivity index (χ1v) is 8.81. The van der Waals surface area contributed by atoms with Gasteiger partial charge >= 0.3 is 6.03 Å². The van der Waals surface area contributed by atoms with E-state index in [2.05, 4.69) is 5.32 Å². The van der Waals surface area contributed by atoms with E-state index in [-0.39, 0.29) is 28.9 Å². The zero-order chi connectivity index (χ0) is 19.6. The van der Waals surface area contributed by atoms with Gasteiger partial charge in [0.05, 0.1) is 14.2 Å². The Morgan fingerprint density at radius 2 is 1.67 bits per heavy atom. The molecule has 1 aliphatic carbocycles. The van der Waals surface area contributed by atoms with Crippen LogP contribution in [0.1, 0.15) is 37.7 Å². The van der Waals surface area contributed by atoms with Crippen LogP contribution in [0.15, 0.2) is 17.7 Å². The third kappa shape index (κ3) is 3.60. The summed E-state index contributed by atoms with van der Waals surface area (Å²) in [6.07, 6.45) is 5.81. The Balaban J connectivity index is 1.98. The fourth-order valence-corrected chi connectivity index (χ4v) is 3.51. The van der Waals surface area contributed by atoms with Crippen LogP contribution < -0.4 is 14.8 Å². The van der Waals surface area contributed by atoms with Gasteiger partial charge in [-0.2, -0.15) is 0 Å². The Bertz CT molecular complexity index is 785. The molecule has 1 aromatic carbocycles. The highest BCUT2D eigenvalue weighted by atomic mass is 16.5. The number of nitrogens with one attached hydrogen (secondary N) is 1. The van der Waals surface area contributed by atoms with Gasteiger partial charge in [0.1, 0.15) is 5.57 Å². The number of imide groups is 2. The summed E-state index contributed by atoms with van der Waals surface area (Å²) in [5, 5.41) is 12.2. The SMILES string of the molecule is COc1cc(C=C2C(=O)NC(=O)N(C3CCCCC3)C2=O)cc(OC)c1O. The molecular formula is C19H22N2O6. The number of barbiturate groups is 1. The van der Waals surface area contributed by atoms with Crippen LogP contribution in [-0.2, 0) is 9.59 Å². The number of hydrogen-bond donors (Lipinski definition) is 2. The number of ether oxygens (including phenoxy) is 2. The first kappa shape index (κ1) is 18.8. The topological polar surface area (TPSA) is 105 Å². The number of phenolic OH excluding ortho intramolecular Hbond substituents is 1. The van der Waals surface area contributed by atoms with Gasteiger partial charge in [-0.05, 0) is 36.6 Å². The van der Waals surface area contributed by atoms with Crippen LogP contribution in [0.4, 0.5) is 4.79 Å². The number of methoxy groups -OCH3 is 2. The molecule has 4 amide bonds. The molecule has 2 N–H and O–H groups in total. The standard InChI is InChI=1S/C19H22N2O6/c1-26-14-9-11(10-15(27-2)16(14)22)8-13-17(23)20-19(25)21(18(13)24)12-6-4-3-5-7-12/h8-10,12,22H,3-7H2,1-2H3,(H,20,23,25). The van der Waals surface area contributed by atoms with Gasteiger partial charge in [0.25, 0.3) is 11.8 Å². The van der Waals surface area contributed by atoms with E-state index in [9.17, 15) is 19.5 Å². The van der Waals surface area contributed by atoms with E-state index in [1.165, 1.54) is 32.4 Å². The van der Waals surface area contributed by atoms with E-state index >= 15 is 0 Å². The number of amides is 4. The van der Waals surface area contributed by atoms with Crippen molar-refractivity contribution in [3.05, 3.63) is 23.3 Å². The Morgan fingerprint density at radius 1 is 1.07 bits per heavy atom. The predicted octanol–water partition coefficient (Wildman–Crippen LogP) is 2.20. The van der Waals surface area contributed by atoms with Crippen molar-refractivity contribution in [3.63, 3.8) is 0 Å². The predicted molar refractivity (Wildman–Crippen MR) is 96.4 cm³/mol. The van der Waals surface area contributed by atoms with Crippen LogP contribution in [0.2, 0.25) is 0 Å². The number of benzene rings is 1. The van der Waals surface area contributed by atoms with Gasteiger partial charge in [0, 0.05) is 6.04 Å². The van der Waals surface area contributed by atoms with Gasteiger partial charge in [-0.15, -0.1) is 0 Å². The van der Waals surface area contributed by atoms with Crippen molar-refractivity contribution in [1.29, 1.82) is 0 Å². The number of phenols is 1. The van der Waals surface area contributed by atoms with Crippen molar-refractivity contribution in [3.8, 4) is 17.2 Å². The highest BCUT2D eigenvalue weighted by molar-refractivity contribution is 6.31. The Kier molecular flexibility index (Phi) is 5.34. The normalized spacial score (nSPS) is 20.0. The fourth-order valence-electron chi connectivity index (χ4n) is 3.51. The number of hydrogen-bond acceptors (Lipinski definition) is 6. The van der Waals surface area contributed by atoms with Crippen molar-refractivity contribution < 1.29 is 29.0 Å². The van der Waals surface area contributed by atoms with Crippen LogP contribution in [-0.4, -0.2) is 48.1 Å².